The number of nitrogens with one attached hydrogen (secondary N) is 1. The summed E-state index contributed by atoms with van der Waals surface area (Å²) in [5, 5.41) is 2.84. The number of ether oxygens (including phenoxy) is 2. The molecular weight excluding hydrogens is 308 g/mol. The maximum atomic E-state index is 12.3. The monoisotopic (exact) mass is 334 g/mol. The lowest BCUT2D eigenvalue weighted by Gasteiger charge is -2.24. The number of anilines is 2. The molecule has 6 heteroatoms. The van der Waals surface area contributed by atoms with Gasteiger partial charge in [0.05, 0.1) is 24.1 Å². The van der Waals surface area contributed by atoms with Crippen molar-refractivity contribution >= 4 is 23.2 Å². The van der Waals surface area contributed by atoms with E-state index in [-0.39, 0.29) is 17.9 Å². The lowest BCUT2D eigenvalue weighted by atomic mass is 10.1. The SMILES string of the molecule is CC(=O)N(C)c1ccccc1NC(=O)[C@@H](C)OC[C@H]1CCCCO1. The summed E-state index contributed by atoms with van der Waals surface area (Å²) in [5.41, 5.74) is 1.24. The molecule has 24 heavy (non-hydrogen) atoms. The predicted octanol–water partition coefficient (Wildman–Crippen LogP) is 2.58. The van der Waals surface area contributed by atoms with Crippen LogP contribution in [0.3, 0.4) is 0 Å². The smallest absolute Gasteiger partial charge is 0.253 e. The molecule has 1 aromatic rings. The van der Waals surface area contributed by atoms with Crippen LogP contribution in [0.25, 0.3) is 0 Å². The Balaban J connectivity index is 1.92. The minimum Gasteiger partial charge on any atom is -0.376 e. The first-order valence-corrected chi connectivity index (χ1v) is 8.36. The number of hydrogen-bond donors (Lipinski definition) is 1. The van der Waals surface area contributed by atoms with E-state index in [0.717, 1.165) is 25.9 Å². The van der Waals surface area contributed by atoms with Crippen LogP contribution < -0.4 is 10.2 Å². The van der Waals surface area contributed by atoms with Gasteiger partial charge in [-0.15, -0.1) is 0 Å². The Bertz CT molecular complexity index is 570. The van der Waals surface area contributed by atoms with Gasteiger partial charge in [-0.25, -0.2) is 0 Å². The summed E-state index contributed by atoms with van der Waals surface area (Å²) in [4.78, 5) is 25.4. The molecule has 0 saturated carbocycles. The molecule has 132 valence electrons. The average Bonchev–Trinajstić information content (AvgIpc) is 2.60. The third-order valence-electron chi connectivity index (χ3n) is 4.17. The first-order valence-electron chi connectivity index (χ1n) is 8.36. The van der Waals surface area contributed by atoms with Crippen molar-refractivity contribution in [1.82, 2.24) is 0 Å². The van der Waals surface area contributed by atoms with E-state index in [1.54, 1.807) is 26.1 Å². The number of hydrogen-bond acceptors (Lipinski definition) is 4. The van der Waals surface area contributed by atoms with Gasteiger partial charge in [0.1, 0.15) is 6.10 Å². The van der Waals surface area contributed by atoms with Crippen molar-refractivity contribution in [3.8, 4) is 0 Å². The highest BCUT2D eigenvalue weighted by Crippen LogP contribution is 2.25. The third-order valence-corrected chi connectivity index (χ3v) is 4.17. The topological polar surface area (TPSA) is 67.9 Å². The molecule has 0 radical (unpaired) electrons. The molecule has 2 atom stereocenters. The molecule has 0 unspecified atom stereocenters. The van der Waals surface area contributed by atoms with E-state index < -0.39 is 6.10 Å². The Morgan fingerprint density at radius 2 is 2.12 bits per heavy atom. The van der Waals surface area contributed by atoms with Crippen molar-refractivity contribution in [2.75, 3.05) is 30.5 Å². The quantitative estimate of drug-likeness (QED) is 0.868. The Hall–Kier alpha value is -1.92. The van der Waals surface area contributed by atoms with Crippen molar-refractivity contribution in [2.24, 2.45) is 0 Å². The number of carbonyl (C=O) groups is 2. The average molecular weight is 334 g/mol. The van der Waals surface area contributed by atoms with Gasteiger partial charge in [-0.2, -0.15) is 0 Å². The molecule has 2 amide bonds. The summed E-state index contributed by atoms with van der Waals surface area (Å²) in [6.07, 6.45) is 2.68. The Labute approximate surface area is 143 Å². The second-order valence-electron chi connectivity index (χ2n) is 6.05. The molecule has 1 aromatic carbocycles. The highest BCUT2D eigenvalue weighted by atomic mass is 16.5. The molecule has 2 rings (SSSR count). The fourth-order valence-electron chi connectivity index (χ4n) is 2.54. The fraction of sp³-hybridized carbons (Fsp3) is 0.556. The van der Waals surface area contributed by atoms with Crippen LogP contribution in [0.15, 0.2) is 24.3 Å². The Kier molecular flexibility index (Phi) is 6.75. The second kappa shape index (κ2) is 8.80. The van der Waals surface area contributed by atoms with Gasteiger partial charge < -0.3 is 19.7 Å². The van der Waals surface area contributed by atoms with Crippen LogP contribution in [-0.2, 0) is 19.1 Å². The van der Waals surface area contributed by atoms with Crippen molar-refractivity contribution in [2.45, 2.75) is 45.3 Å². The van der Waals surface area contributed by atoms with E-state index >= 15 is 0 Å². The van der Waals surface area contributed by atoms with Crippen LogP contribution in [0.5, 0.6) is 0 Å². The molecule has 0 bridgehead atoms. The number of benzene rings is 1. The van der Waals surface area contributed by atoms with Crippen LogP contribution in [0.2, 0.25) is 0 Å². The number of carbonyl (C=O) groups excluding carboxylic acids is 2. The van der Waals surface area contributed by atoms with Crippen molar-refractivity contribution in [1.29, 1.82) is 0 Å². The molecule has 1 aliphatic rings. The molecule has 0 spiro atoms. The van der Waals surface area contributed by atoms with Crippen LogP contribution in [0, 0.1) is 0 Å². The minimum absolute atomic E-state index is 0.0742. The highest BCUT2D eigenvalue weighted by Gasteiger charge is 2.20. The molecule has 6 nitrogen and oxygen atoms in total. The molecular formula is C18H26N2O4. The van der Waals surface area contributed by atoms with Gasteiger partial charge in [0.25, 0.3) is 5.91 Å². The van der Waals surface area contributed by atoms with Crippen LogP contribution >= 0.6 is 0 Å². The Morgan fingerprint density at radius 1 is 1.38 bits per heavy atom. The zero-order chi connectivity index (χ0) is 17.5. The van der Waals surface area contributed by atoms with Crippen LogP contribution in [0.4, 0.5) is 11.4 Å². The first-order chi connectivity index (χ1) is 11.5. The van der Waals surface area contributed by atoms with Crippen molar-refractivity contribution < 1.29 is 19.1 Å². The normalized spacial score (nSPS) is 18.7. The summed E-state index contributed by atoms with van der Waals surface area (Å²) >= 11 is 0. The van der Waals surface area contributed by atoms with Gasteiger partial charge in [0.2, 0.25) is 5.91 Å². The Morgan fingerprint density at radius 3 is 2.79 bits per heavy atom. The zero-order valence-corrected chi connectivity index (χ0v) is 14.6. The fourth-order valence-corrected chi connectivity index (χ4v) is 2.54. The maximum absolute atomic E-state index is 12.3. The number of rotatable bonds is 6. The van der Waals surface area contributed by atoms with Crippen LogP contribution in [0.1, 0.15) is 33.1 Å². The minimum atomic E-state index is -0.591. The van der Waals surface area contributed by atoms with Gasteiger partial charge in [-0.3, -0.25) is 9.59 Å². The zero-order valence-electron chi connectivity index (χ0n) is 14.6. The molecule has 1 saturated heterocycles. The number of para-hydroxylation sites is 2. The van der Waals surface area contributed by atoms with Crippen molar-refractivity contribution in [3.05, 3.63) is 24.3 Å². The predicted molar refractivity (Wildman–Crippen MR) is 93.2 cm³/mol. The summed E-state index contributed by atoms with van der Waals surface area (Å²) in [6, 6.07) is 7.20. The maximum Gasteiger partial charge on any atom is 0.253 e. The van der Waals surface area contributed by atoms with Gasteiger partial charge in [0.15, 0.2) is 0 Å². The summed E-state index contributed by atoms with van der Waals surface area (Å²) in [6.45, 7) is 4.38. The molecule has 1 aliphatic heterocycles. The number of nitrogens with zero attached hydrogens (tertiary/aromatic N) is 1. The highest BCUT2D eigenvalue weighted by molar-refractivity contribution is 6.01. The van der Waals surface area contributed by atoms with Crippen LogP contribution in [-0.4, -0.2) is 44.3 Å². The standard InChI is InChI=1S/C18H26N2O4/c1-13(24-12-15-8-6-7-11-23-15)18(22)19-16-9-4-5-10-17(16)20(3)14(2)21/h4-5,9-10,13,15H,6-8,11-12H2,1-3H3,(H,19,22)/t13-,15-/m1/s1. The van der Waals surface area contributed by atoms with E-state index in [9.17, 15) is 9.59 Å². The first kappa shape index (κ1) is 18.4. The van der Waals surface area contributed by atoms with Gasteiger partial charge in [-0.1, -0.05) is 12.1 Å². The summed E-state index contributed by atoms with van der Waals surface area (Å²) < 4.78 is 11.2. The molecule has 1 N–H and O–H groups in total. The molecule has 1 heterocycles. The van der Waals surface area contributed by atoms with Gasteiger partial charge >= 0.3 is 0 Å². The molecule has 1 fully saturated rings. The lowest BCUT2D eigenvalue weighted by molar-refractivity contribution is -0.130. The molecule has 0 aliphatic carbocycles. The van der Waals surface area contributed by atoms with E-state index in [0.29, 0.717) is 18.0 Å². The third kappa shape index (κ3) is 5.04. The van der Waals surface area contributed by atoms with Gasteiger partial charge in [-0.05, 0) is 38.3 Å². The van der Waals surface area contributed by atoms with E-state index in [4.69, 9.17) is 9.47 Å². The van der Waals surface area contributed by atoms with E-state index in [1.807, 2.05) is 12.1 Å². The van der Waals surface area contributed by atoms with Gasteiger partial charge in [0, 0.05) is 20.6 Å². The summed E-state index contributed by atoms with van der Waals surface area (Å²) in [5.74, 6) is -0.342. The summed E-state index contributed by atoms with van der Waals surface area (Å²) in [7, 11) is 1.67. The second-order valence-corrected chi connectivity index (χ2v) is 6.05. The van der Waals surface area contributed by atoms with E-state index in [2.05, 4.69) is 5.32 Å². The largest absolute Gasteiger partial charge is 0.376 e. The van der Waals surface area contributed by atoms with E-state index in [1.165, 1.54) is 11.8 Å². The number of amides is 2. The lowest BCUT2D eigenvalue weighted by Crippen LogP contribution is -2.33. The molecule has 0 aromatic heterocycles. The van der Waals surface area contributed by atoms with Crippen molar-refractivity contribution in [3.63, 3.8) is 0 Å².